The molecule has 2 aromatic rings. The molecular weight excluding hydrogens is 356 g/mol. The number of aromatic nitrogens is 2. The van der Waals surface area contributed by atoms with Crippen molar-refractivity contribution in [3.05, 3.63) is 63.6 Å². The summed E-state index contributed by atoms with van der Waals surface area (Å²) >= 11 is 0. The lowest BCUT2D eigenvalue weighted by molar-refractivity contribution is -0.126. The second-order valence-corrected chi connectivity index (χ2v) is 7.43. The van der Waals surface area contributed by atoms with Crippen molar-refractivity contribution in [2.24, 2.45) is 0 Å². The molecule has 0 radical (unpaired) electrons. The largest absolute Gasteiger partial charge is 0.350 e. The van der Waals surface area contributed by atoms with Gasteiger partial charge >= 0.3 is 0 Å². The fourth-order valence-corrected chi connectivity index (χ4v) is 3.39. The summed E-state index contributed by atoms with van der Waals surface area (Å²) in [4.78, 5) is 38.2. The smallest absolute Gasteiger partial charge is 0.274 e. The molecule has 2 amide bonds. The minimum absolute atomic E-state index is 0.142. The van der Waals surface area contributed by atoms with Crippen LogP contribution < -0.4 is 10.9 Å². The maximum atomic E-state index is 12.8. The zero-order chi connectivity index (χ0) is 20.1. The van der Waals surface area contributed by atoms with Gasteiger partial charge in [-0.15, -0.1) is 0 Å². The minimum atomic E-state index is -0.523. The van der Waals surface area contributed by atoms with Crippen LogP contribution in [0.1, 0.15) is 60.6 Å². The van der Waals surface area contributed by atoms with Crippen LogP contribution in [0, 0.1) is 0 Å². The standard InChI is InChI=1S/C21H26N4O3/c1-14(2)16-8-6-15(7-9-16)13-22-20(27)18-5-3-4-12-25(18)21(28)17-10-11-19(26)24-23-17/h6-11,14,18H,3-5,12-13H2,1-2H3,(H,22,27)(H,24,26). The Morgan fingerprint density at radius 1 is 1.18 bits per heavy atom. The molecule has 3 rings (SSSR count). The van der Waals surface area contributed by atoms with Gasteiger partial charge in [0.1, 0.15) is 11.7 Å². The molecule has 1 aromatic carbocycles. The maximum absolute atomic E-state index is 12.8. The van der Waals surface area contributed by atoms with Crippen LogP contribution in [0.4, 0.5) is 0 Å². The van der Waals surface area contributed by atoms with Gasteiger partial charge in [0.15, 0.2) is 0 Å². The summed E-state index contributed by atoms with van der Waals surface area (Å²) in [5, 5.41) is 9.02. The summed E-state index contributed by atoms with van der Waals surface area (Å²) in [5.74, 6) is -0.0326. The van der Waals surface area contributed by atoms with E-state index in [9.17, 15) is 14.4 Å². The number of hydrogen-bond donors (Lipinski definition) is 2. The Morgan fingerprint density at radius 2 is 1.93 bits per heavy atom. The fraction of sp³-hybridized carbons (Fsp3) is 0.429. The predicted molar refractivity (Wildman–Crippen MR) is 106 cm³/mol. The topological polar surface area (TPSA) is 95.2 Å². The van der Waals surface area contributed by atoms with Gasteiger partial charge in [-0.25, -0.2) is 5.10 Å². The molecule has 1 unspecified atom stereocenters. The van der Waals surface area contributed by atoms with E-state index in [1.807, 2.05) is 12.1 Å². The van der Waals surface area contributed by atoms with Gasteiger partial charge in [-0.1, -0.05) is 38.1 Å². The number of likely N-dealkylation sites (tertiary alicyclic amines) is 1. The molecule has 1 aliphatic heterocycles. The number of hydrogen-bond acceptors (Lipinski definition) is 4. The second-order valence-electron chi connectivity index (χ2n) is 7.43. The van der Waals surface area contributed by atoms with E-state index in [1.54, 1.807) is 4.90 Å². The van der Waals surface area contributed by atoms with Crippen molar-refractivity contribution in [1.29, 1.82) is 0 Å². The van der Waals surface area contributed by atoms with Crippen molar-refractivity contribution >= 4 is 11.8 Å². The summed E-state index contributed by atoms with van der Waals surface area (Å²) in [6, 6.07) is 10.3. The Labute approximate surface area is 164 Å². The van der Waals surface area contributed by atoms with Crippen LogP contribution in [-0.2, 0) is 11.3 Å². The van der Waals surface area contributed by atoms with E-state index < -0.39 is 6.04 Å². The van der Waals surface area contributed by atoms with Gasteiger partial charge in [0, 0.05) is 19.2 Å². The Bertz CT molecular complexity index is 869. The molecule has 2 N–H and O–H groups in total. The molecule has 0 saturated carbocycles. The summed E-state index contributed by atoms with van der Waals surface area (Å²) < 4.78 is 0. The Hall–Kier alpha value is -2.96. The number of nitrogens with zero attached hydrogens (tertiary/aromatic N) is 2. The average Bonchev–Trinajstić information content (AvgIpc) is 2.72. The van der Waals surface area contributed by atoms with E-state index in [2.05, 4.69) is 41.5 Å². The summed E-state index contributed by atoms with van der Waals surface area (Å²) in [5.41, 5.74) is 2.05. The first kappa shape index (κ1) is 19.8. The van der Waals surface area contributed by atoms with Gasteiger partial charge in [0.25, 0.3) is 11.5 Å². The Balaban J connectivity index is 1.65. The van der Waals surface area contributed by atoms with Gasteiger partial charge < -0.3 is 10.2 Å². The lowest BCUT2D eigenvalue weighted by atomic mass is 10.00. The molecule has 1 atom stereocenters. The van der Waals surface area contributed by atoms with Gasteiger partial charge in [-0.2, -0.15) is 5.10 Å². The number of aromatic amines is 1. The van der Waals surface area contributed by atoms with Crippen molar-refractivity contribution < 1.29 is 9.59 Å². The molecule has 1 fully saturated rings. The second kappa shape index (κ2) is 8.82. The third-order valence-electron chi connectivity index (χ3n) is 5.08. The predicted octanol–water partition coefficient (Wildman–Crippen LogP) is 2.20. The van der Waals surface area contributed by atoms with Gasteiger partial charge in [-0.05, 0) is 42.4 Å². The summed E-state index contributed by atoms with van der Waals surface area (Å²) in [6.45, 7) is 5.21. The highest BCUT2D eigenvalue weighted by Crippen LogP contribution is 2.20. The molecule has 0 spiro atoms. The monoisotopic (exact) mass is 382 g/mol. The number of H-pyrrole nitrogens is 1. The van der Waals surface area contributed by atoms with Crippen molar-refractivity contribution in [2.45, 2.75) is 51.6 Å². The normalized spacial score (nSPS) is 16.8. The first-order valence-electron chi connectivity index (χ1n) is 9.69. The molecule has 148 valence electrons. The Morgan fingerprint density at radius 3 is 2.57 bits per heavy atom. The number of carbonyl (C=O) groups excluding carboxylic acids is 2. The van der Waals surface area contributed by atoms with Crippen LogP contribution >= 0.6 is 0 Å². The molecule has 28 heavy (non-hydrogen) atoms. The highest BCUT2D eigenvalue weighted by Gasteiger charge is 2.33. The molecule has 7 nitrogen and oxygen atoms in total. The van der Waals surface area contributed by atoms with Gasteiger partial charge in [0.2, 0.25) is 5.91 Å². The minimum Gasteiger partial charge on any atom is -0.350 e. The van der Waals surface area contributed by atoms with Crippen LogP contribution in [0.5, 0.6) is 0 Å². The quantitative estimate of drug-likeness (QED) is 0.829. The van der Waals surface area contributed by atoms with E-state index >= 15 is 0 Å². The molecule has 0 aliphatic carbocycles. The first-order chi connectivity index (χ1) is 13.5. The highest BCUT2D eigenvalue weighted by atomic mass is 16.2. The van der Waals surface area contributed by atoms with Crippen LogP contribution in [0.25, 0.3) is 0 Å². The van der Waals surface area contributed by atoms with Crippen LogP contribution in [0.3, 0.4) is 0 Å². The van der Waals surface area contributed by atoms with E-state index in [-0.39, 0.29) is 23.1 Å². The lowest BCUT2D eigenvalue weighted by Gasteiger charge is -2.34. The molecule has 0 bridgehead atoms. The van der Waals surface area contributed by atoms with E-state index in [1.165, 1.54) is 17.7 Å². The highest BCUT2D eigenvalue weighted by molar-refractivity contribution is 5.96. The fourth-order valence-electron chi connectivity index (χ4n) is 3.39. The van der Waals surface area contributed by atoms with Gasteiger partial charge in [-0.3, -0.25) is 14.4 Å². The van der Waals surface area contributed by atoms with Crippen molar-refractivity contribution in [3.8, 4) is 0 Å². The number of piperidine rings is 1. The zero-order valence-corrected chi connectivity index (χ0v) is 16.3. The number of nitrogens with one attached hydrogen (secondary N) is 2. The number of amides is 2. The SMILES string of the molecule is CC(C)c1ccc(CNC(=O)C2CCCCN2C(=O)c2ccc(=O)[nH]n2)cc1. The van der Waals surface area contributed by atoms with Crippen LogP contribution in [0.15, 0.2) is 41.2 Å². The average molecular weight is 382 g/mol. The molecular formula is C21H26N4O3. The molecule has 2 heterocycles. The number of benzene rings is 1. The van der Waals surface area contributed by atoms with Crippen molar-refractivity contribution in [2.75, 3.05) is 6.54 Å². The Kier molecular flexibility index (Phi) is 6.23. The first-order valence-corrected chi connectivity index (χ1v) is 9.69. The number of carbonyl (C=O) groups is 2. The van der Waals surface area contributed by atoms with Crippen LogP contribution in [-0.4, -0.2) is 39.5 Å². The maximum Gasteiger partial charge on any atom is 0.274 e. The van der Waals surface area contributed by atoms with E-state index in [4.69, 9.17) is 0 Å². The molecule has 7 heteroatoms. The molecule has 1 saturated heterocycles. The summed E-state index contributed by atoms with van der Waals surface area (Å²) in [7, 11) is 0. The van der Waals surface area contributed by atoms with Crippen LogP contribution in [0.2, 0.25) is 0 Å². The van der Waals surface area contributed by atoms with E-state index in [0.717, 1.165) is 18.4 Å². The summed E-state index contributed by atoms with van der Waals surface area (Å²) in [6.07, 6.45) is 2.35. The van der Waals surface area contributed by atoms with Crippen molar-refractivity contribution in [1.82, 2.24) is 20.4 Å². The van der Waals surface area contributed by atoms with E-state index in [0.29, 0.717) is 25.4 Å². The molecule has 1 aromatic heterocycles. The molecule has 1 aliphatic rings. The number of rotatable bonds is 5. The third kappa shape index (κ3) is 4.65. The van der Waals surface area contributed by atoms with Crippen molar-refractivity contribution in [3.63, 3.8) is 0 Å². The lowest BCUT2D eigenvalue weighted by Crippen LogP contribution is -2.52. The third-order valence-corrected chi connectivity index (χ3v) is 5.08. The zero-order valence-electron chi connectivity index (χ0n) is 16.3. The van der Waals surface area contributed by atoms with Gasteiger partial charge in [0.05, 0.1) is 0 Å².